The zero-order valence-corrected chi connectivity index (χ0v) is 18.5. The quantitative estimate of drug-likeness (QED) is 0.528. The second-order valence-corrected chi connectivity index (χ2v) is 8.65. The van der Waals surface area contributed by atoms with Crippen LogP contribution in [-0.2, 0) is 16.6 Å². The molecule has 2 N–H and O–H groups in total. The van der Waals surface area contributed by atoms with Gasteiger partial charge in [0.1, 0.15) is 11.5 Å². The van der Waals surface area contributed by atoms with E-state index >= 15 is 0 Å². The van der Waals surface area contributed by atoms with Crippen molar-refractivity contribution in [2.75, 3.05) is 19.5 Å². The van der Waals surface area contributed by atoms with E-state index in [2.05, 4.69) is 10.0 Å². The maximum absolute atomic E-state index is 12.8. The van der Waals surface area contributed by atoms with Gasteiger partial charge in [-0.15, -0.1) is 0 Å². The number of methoxy groups -OCH3 is 2. The minimum absolute atomic E-state index is 0.0178. The van der Waals surface area contributed by atoms with Crippen LogP contribution >= 0.6 is 11.6 Å². The number of anilines is 1. The normalized spacial score (nSPS) is 11.1. The van der Waals surface area contributed by atoms with Crippen LogP contribution in [0, 0.1) is 0 Å². The van der Waals surface area contributed by atoms with Gasteiger partial charge in [0.05, 0.1) is 29.8 Å². The lowest BCUT2D eigenvalue weighted by Crippen LogP contribution is -2.23. The average molecular weight is 461 g/mol. The number of hydrogen-bond acceptors (Lipinski definition) is 5. The summed E-state index contributed by atoms with van der Waals surface area (Å²) in [7, 11) is -0.891. The average Bonchev–Trinajstić information content (AvgIpc) is 2.79. The van der Waals surface area contributed by atoms with Crippen LogP contribution in [0.1, 0.15) is 15.9 Å². The number of nitrogens with one attached hydrogen (secondary N) is 2. The number of halogens is 1. The molecule has 0 aromatic heterocycles. The van der Waals surface area contributed by atoms with Crippen molar-refractivity contribution >= 4 is 33.2 Å². The van der Waals surface area contributed by atoms with E-state index in [9.17, 15) is 13.2 Å². The highest BCUT2D eigenvalue weighted by Gasteiger charge is 2.18. The van der Waals surface area contributed by atoms with Crippen molar-refractivity contribution in [3.63, 3.8) is 0 Å². The van der Waals surface area contributed by atoms with E-state index in [4.69, 9.17) is 21.1 Å². The largest absolute Gasteiger partial charge is 0.495 e. The molecule has 31 heavy (non-hydrogen) atoms. The molecule has 9 heteroatoms. The van der Waals surface area contributed by atoms with Crippen molar-refractivity contribution in [1.82, 2.24) is 4.72 Å². The lowest BCUT2D eigenvalue weighted by atomic mass is 10.2. The summed E-state index contributed by atoms with van der Waals surface area (Å²) in [5, 5.41) is 2.98. The topological polar surface area (TPSA) is 93.7 Å². The van der Waals surface area contributed by atoms with E-state index in [0.717, 1.165) is 5.56 Å². The van der Waals surface area contributed by atoms with Gasteiger partial charge in [0.15, 0.2) is 0 Å². The van der Waals surface area contributed by atoms with Gasteiger partial charge >= 0.3 is 0 Å². The van der Waals surface area contributed by atoms with Gasteiger partial charge in [-0.05, 0) is 29.8 Å². The summed E-state index contributed by atoms with van der Waals surface area (Å²) >= 11 is 6.14. The first kappa shape index (κ1) is 22.6. The molecule has 0 unspecified atom stereocenters. The summed E-state index contributed by atoms with van der Waals surface area (Å²) in [5.74, 6) is 0.233. The number of hydrogen-bond donors (Lipinski definition) is 2. The minimum atomic E-state index is -3.81. The molecule has 0 bridgehead atoms. The molecule has 0 spiro atoms. The summed E-state index contributed by atoms with van der Waals surface area (Å²) in [4.78, 5) is 12.7. The van der Waals surface area contributed by atoms with Gasteiger partial charge in [-0.1, -0.05) is 48.0 Å². The van der Waals surface area contributed by atoms with Gasteiger partial charge in [-0.2, -0.15) is 0 Å². The fourth-order valence-electron chi connectivity index (χ4n) is 2.81. The van der Waals surface area contributed by atoms with Gasteiger partial charge in [-0.3, -0.25) is 4.79 Å². The Morgan fingerprint density at radius 2 is 1.65 bits per heavy atom. The molecule has 3 aromatic rings. The van der Waals surface area contributed by atoms with Gasteiger partial charge in [0.25, 0.3) is 5.91 Å². The number of ether oxygens (including phenoxy) is 2. The maximum atomic E-state index is 12.8. The predicted molar refractivity (Wildman–Crippen MR) is 119 cm³/mol. The lowest BCUT2D eigenvalue weighted by Gasteiger charge is -2.13. The molecular weight excluding hydrogens is 440 g/mol. The van der Waals surface area contributed by atoms with Crippen LogP contribution in [0.4, 0.5) is 5.69 Å². The molecule has 0 saturated carbocycles. The van der Waals surface area contributed by atoms with Gasteiger partial charge < -0.3 is 14.8 Å². The Balaban J connectivity index is 1.79. The minimum Gasteiger partial charge on any atom is -0.495 e. The van der Waals surface area contributed by atoms with Crippen molar-refractivity contribution in [3.05, 3.63) is 82.9 Å². The van der Waals surface area contributed by atoms with Gasteiger partial charge in [0.2, 0.25) is 10.0 Å². The number of amides is 1. The third kappa shape index (κ3) is 5.55. The Labute approximate surface area is 186 Å². The lowest BCUT2D eigenvalue weighted by molar-refractivity contribution is 0.102. The van der Waals surface area contributed by atoms with Crippen molar-refractivity contribution in [2.45, 2.75) is 11.4 Å². The van der Waals surface area contributed by atoms with Gasteiger partial charge in [-0.25, -0.2) is 13.1 Å². The van der Waals surface area contributed by atoms with Crippen molar-refractivity contribution in [3.8, 4) is 11.5 Å². The zero-order valence-electron chi connectivity index (χ0n) is 16.9. The third-order valence-corrected chi connectivity index (χ3v) is 6.13. The number of carbonyl (C=O) groups excluding carboxylic acids is 1. The molecule has 0 aliphatic carbocycles. The van der Waals surface area contributed by atoms with Crippen molar-refractivity contribution in [2.24, 2.45) is 0 Å². The van der Waals surface area contributed by atoms with Crippen LogP contribution in [-0.4, -0.2) is 28.5 Å². The highest BCUT2D eigenvalue weighted by Crippen LogP contribution is 2.36. The SMILES string of the molecule is COc1cc(OC)c(NC(=O)c2cccc(S(=O)(=O)NCc3ccccc3)c2)cc1Cl. The van der Waals surface area contributed by atoms with E-state index in [1.165, 1.54) is 44.6 Å². The molecule has 162 valence electrons. The smallest absolute Gasteiger partial charge is 0.255 e. The van der Waals surface area contributed by atoms with E-state index in [1.54, 1.807) is 6.07 Å². The van der Waals surface area contributed by atoms with Crippen LogP contribution in [0.25, 0.3) is 0 Å². The molecule has 0 fully saturated rings. The Kier molecular flexibility index (Phi) is 7.17. The Bertz CT molecular complexity index is 1180. The molecule has 0 aliphatic heterocycles. The summed E-state index contributed by atoms with van der Waals surface area (Å²) in [6.07, 6.45) is 0. The molecular formula is C22H21ClN2O5S. The van der Waals surface area contributed by atoms with E-state index in [0.29, 0.717) is 22.2 Å². The van der Waals surface area contributed by atoms with Crippen LogP contribution in [0.5, 0.6) is 11.5 Å². The fraction of sp³-hybridized carbons (Fsp3) is 0.136. The molecule has 0 radical (unpaired) electrons. The number of rotatable bonds is 8. The highest BCUT2D eigenvalue weighted by molar-refractivity contribution is 7.89. The standard InChI is InChI=1S/C22H21ClN2O5S/c1-29-20-13-21(30-2)19(12-18(20)23)25-22(26)16-9-6-10-17(11-16)31(27,28)24-14-15-7-4-3-5-8-15/h3-13,24H,14H2,1-2H3,(H,25,26). The molecule has 3 rings (SSSR count). The summed E-state index contributed by atoms with van der Waals surface area (Å²) in [5.41, 5.74) is 1.31. The molecule has 0 atom stereocenters. The Hall–Kier alpha value is -3.07. The summed E-state index contributed by atoms with van der Waals surface area (Å²) in [6.45, 7) is 0.140. The molecule has 1 amide bonds. The van der Waals surface area contributed by atoms with E-state index < -0.39 is 15.9 Å². The van der Waals surface area contributed by atoms with Crippen LogP contribution < -0.4 is 19.5 Å². The predicted octanol–water partition coefficient (Wildman–Crippen LogP) is 4.09. The van der Waals surface area contributed by atoms with E-state index in [-0.39, 0.29) is 17.0 Å². The number of carbonyl (C=O) groups is 1. The first-order chi connectivity index (χ1) is 14.8. The maximum Gasteiger partial charge on any atom is 0.255 e. The monoisotopic (exact) mass is 460 g/mol. The molecule has 7 nitrogen and oxygen atoms in total. The van der Waals surface area contributed by atoms with Crippen LogP contribution in [0.15, 0.2) is 71.6 Å². The zero-order chi connectivity index (χ0) is 22.4. The third-order valence-electron chi connectivity index (χ3n) is 4.44. The summed E-state index contributed by atoms with van der Waals surface area (Å²) < 4.78 is 38.3. The Morgan fingerprint density at radius 1 is 0.935 bits per heavy atom. The summed E-state index contributed by atoms with van der Waals surface area (Å²) in [6, 6.07) is 17.9. The first-order valence-electron chi connectivity index (χ1n) is 9.20. The van der Waals surface area contributed by atoms with Crippen LogP contribution in [0.3, 0.4) is 0 Å². The molecule has 0 aliphatic rings. The molecule has 0 saturated heterocycles. The molecule has 3 aromatic carbocycles. The van der Waals surface area contributed by atoms with Gasteiger partial charge in [0, 0.05) is 18.2 Å². The molecule has 0 heterocycles. The second-order valence-electron chi connectivity index (χ2n) is 6.48. The van der Waals surface area contributed by atoms with Crippen LogP contribution in [0.2, 0.25) is 5.02 Å². The first-order valence-corrected chi connectivity index (χ1v) is 11.1. The Morgan fingerprint density at radius 3 is 2.32 bits per heavy atom. The fourth-order valence-corrected chi connectivity index (χ4v) is 4.12. The van der Waals surface area contributed by atoms with Crippen molar-refractivity contribution < 1.29 is 22.7 Å². The van der Waals surface area contributed by atoms with E-state index in [1.807, 2.05) is 30.3 Å². The number of benzene rings is 3. The van der Waals surface area contributed by atoms with Crippen molar-refractivity contribution in [1.29, 1.82) is 0 Å². The highest BCUT2D eigenvalue weighted by atomic mass is 35.5. The second kappa shape index (κ2) is 9.82. The number of sulfonamides is 1.